The van der Waals surface area contributed by atoms with Crippen molar-refractivity contribution in [2.45, 2.75) is 40.7 Å². The predicted octanol–water partition coefficient (Wildman–Crippen LogP) is 5.62. The molecule has 3 aromatic rings. The van der Waals surface area contributed by atoms with Crippen LogP contribution in [0.15, 0.2) is 40.8 Å². The van der Waals surface area contributed by atoms with Crippen molar-refractivity contribution in [3.63, 3.8) is 0 Å². The Labute approximate surface area is 213 Å². The number of hydrogen-bond donors (Lipinski definition) is 1. The Morgan fingerprint density at radius 3 is 2.22 bits per heavy atom. The summed E-state index contributed by atoms with van der Waals surface area (Å²) in [6, 6.07) is 10.3. The Morgan fingerprint density at radius 2 is 1.58 bits per heavy atom. The molecule has 192 valence electrons. The summed E-state index contributed by atoms with van der Waals surface area (Å²) in [4.78, 5) is 38.1. The molecule has 0 unspecified atom stereocenters. The van der Waals surface area contributed by atoms with Gasteiger partial charge in [0.1, 0.15) is 33.7 Å². The minimum Gasteiger partial charge on any atom is -0.494 e. The van der Waals surface area contributed by atoms with E-state index in [1.165, 1.54) is 6.07 Å². The summed E-state index contributed by atoms with van der Waals surface area (Å²) in [5.41, 5.74) is 0.509. The van der Waals surface area contributed by atoms with Gasteiger partial charge in [-0.05, 0) is 69.2 Å². The number of carbonyl (C=O) groups is 3. The Bertz CT molecular complexity index is 1200. The second-order valence-electron chi connectivity index (χ2n) is 7.53. The van der Waals surface area contributed by atoms with E-state index in [0.29, 0.717) is 30.1 Å². The van der Waals surface area contributed by atoms with E-state index in [4.69, 9.17) is 23.4 Å². The van der Waals surface area contributed by atoms with Crippen molar-refractivity contribution >= 4 is 34.2 Å². The zero-order valence-electron chi connectivity index (χ0n) is 20.7. The van der Waals surface area contributed by atoms with Gasteiger partial charge in [-0.3, -0.25) is 4.79 Å². The number of furan rings is 1. The second-order valence-corrected chi connectivity index (χ2v) is 8.55. The number of esters is 2. The highest BCUT2D eigenvalue weighted by Gasteiger charge is 2.28. The molecule has 0 saturated heterocycles. The van der Waals surface area contributed by atoms with E-state index in [9.17, 15) is 14.4 Å². The molecule has 2 aromatic heterocycles. The minimum absolute atomic E-state index is 0.0249. The van der Waals surface area contributed by atoms with Gasteiger partial charge in [0.05, 0.1) is 25.4 Å². The molecule has 9 nitrogen and oxygen atoms in total. The van der Waals surface area contributed by atoms with E-state index in [1.807, 2.05) is 13.8 Å². The highest BCUT2D eigenvalue weighted by atomic mass is 32.1. The fraction of sp³-hybridized carbons (Fsp3) is 0.346. The molecule has 0 atom stereocenters. The summed E-state index contributed by atoms with van der Waals surface area (Å²) in [6.45, 7) is 8.17. The Hall–Kier alpha value is -3.79. The molecule has 0 radical (unpaired) electrons. The molecule has 0 aliphatic heterocycles. The maximum absolute atomic E-state index is 12.9. The third-order valence-corrected chi connectivity index (χ3v) is 6.06. The fourth-order valence-electron chi connectivity index (χ4n) is 3.20. The molecule has 3 rings (SSSR count). The smallest absolute Gasteiger partial charge is 0.348 e. The van der Waals surface area contributed by atoms with Gasteiger partial charge in [-0.15, -0.1) is 11.3 Å². The molecule has 1 amide bonds. The highest BCUT2D eigenvalue weighted by molar-refractivity contribution is 7.18. The maximum atomic E-state index is 12.9. The van der Waals surface area contributed by atoms with Crippen molar-refractivity contribution in [1.29, 1.82) is 0 Å². The van der Waals surface area contributed by atoms with Crippen LogP contribution in [0, 0.1) is 6.92 Å². The number of carbonyl (C=O) groups excluding carboxylic acids is 3. The molecule has 0 bridgehead atoms. The van der Waals surface area contributed by atoms with Crippen LogP contribution in [0.5, 0.6) is 11.5 Å². The van der Waals surface area contributed by atoms with E-state index in [0.717, 1.165) is 17.1 Å². The molecule has 36 heavy (non-hydrogen) atoms. The van der Waals surface area contributed by atoms with Gasteiger partial charge in [0, 0.05) is 0 Å². The molecule has 0 spiro atoms. The third-order valence-electron chi connectivity index (χ3n) is 4.88. The zero-order chi connectivity index (χ0) is 26.1. The quantitative estimate of drug-likeness (QED) is 0.309. The summed E-state index contributed by atoms with van der Waals surface area (Å²) in [5, 5.41) is 2.86. The first kappa shape index (κ1) is 26.8. The minimum atomic E-state index is -0.625. The second kappa shape index (κ2) is 12.8. The van der Waals surface area contributed by atoms with Crippen LogP contribution in [0.1, 0.15) is 69.1 Å². The third kappa shape index (κ3) is 6.66. The van der Waals surface area contributed by atoms with Crippen LogP contribution < -0.4 is 14.8 Å². The van der Waals surface area contributed by atoms with Crippen LogP contribution in [-0.4, -0.2) is 37.7 Å². The lowest BCUT2D eigenvalue weighted by atomic mass is 10.1. The van der Waals surface area contributed by atoms with Gasteiger partial charge in [-0.2, -0.15) is 0 Å². The summed E-state index contributed by atoms with van der Waals surface area (Å²) in [6.07, 6.45) is 0.634. The SMILES string of the molecule is CCCOC(=O)c1c(NC(=O)c2ccc(COc3ccc(OCC)cc3)o2)sc(C(=O)OCC)c1C. The van der Waals surface area contributed by atoms with Crippen LogP contribution in [0.25, 0.3) is 0 Å². The molecular formula is C26H29NO8S. The lowest BCUT2D eigenvalue weighted by Crippen LogP contribution is -2.14. The van der Waals surface area contributed by atoms with Gasteiger partial charge >= 0.3 is 11.9 Å². The fourth-order valence-corrected chi connectivity index (χ4v) is 4.28. The molecule has 0 aliphatic rings. The van der Waals surface area contributed by atoms with E-state index in [-0.39, 0.29) is 41.0 Å². The summed E-state index contributed by atoms with van der Waals surface area (Å²) >= 11 is 0.954. The number of amides is 1. The number of thiophene rings is 1. The Morgan fingerprint density at radius 1 is 0.889 bits per heavy atom. The number of hydrogen-bond acceptors (Lipinski definition) is 9. The van der Waals surface area contributed by atoms with Gasteiger partial charge in [0.2, 0.25) is 0 Å². The van der Waals surface area contributed by atoms with Crippen molar-refractivity contribution in [3.05, 3.63) is 63.9 Å². The summed E-state index contributed by atoms with van der Waals surface area (Å²) < 4.78 is 27.1. The van der Waals surface area contributed by atoms with E-state index >= 15 is 0 Å². The van der Waals surface area contributed by atoms with Crippen molar-refractivity contribution in [2.24, 2.45) is 0 Å². The van der Waals surface area contributed by atoms with Gasteiger partial charge in [-0.1, -0.05) is 6.92 Å². The van der Waals surface area contributed by atoms with E-state index in [1.54, 1.807) is 44.2 Å². The molecule has 10 heteroatoms. The van der Waals surface area contributed by atoms with Crippen LogP contribution in [0.4, 0.5) is 5.00 Å². The predicted molar refractivity (Wildman–Crippen MR) is 134 cm³/mol. The average molecular weight is 516 g/mol. The topological polar surface area (TPSA) is 113 Å². The maximum Gasteiger partial charge on any atom is 0.348 e. The largest absolute Gasteiger partial charge is 0.494 e. The molecule has 0 saturated carbocycles. The molecule has 2 heterocycles. The zero-order valence-corrected chi connectivity index (χ0v) is 21.5. The number of anilines is 1. The van der Waals surface area contributed by atoms with Gasteiger partial charge < -0.3 is 28.7 Å². The van der Waals surface area contributed by atoms with E-state index < -0.39 is 17.8 Å². The van der Waals surface area contributed by atoms with Crippen LogP contribution in [0.2, 0.25) is 0 Å². The van der Waals surface area contributed by atoms with E-state index in [2.05, 4.69) is 5.32 Å². The number of rotatable bonds is 12. The Balaban J connectivity index is 1.72. The first-order valence-corrected chi connectivity index (χ1v) is 12.4. The van der Waals surface area contributed by atoms with Crippen molar-refractivity contribution in [2.75, 3.05) is 25.1 Å². The van der Waals surface area contributed by atoms with Crippen molar-refractivity contribution < 1.29 is 37.7 Å². The average Bonchev–Trinajstić information content (AvgIpc) is 3.47. The molecule has 0 fully saturated rings. The summed E-state index contributed by atoms with van der Waals surface area (Å²) in [5.74, 6) is 0.0510. The normalized spacial score (nSPS) is 10.6. The first-order chi connectivity index (χ1) is 17.4. The van der Waals surface area contributed by atoms with Gasteiger partial charge in [0.25, 0.3) is 5.91 Å². The first-order valence-electron chi connectivity index (χ1n) is 11.6. The van der Waals surface area contributed by atoms with Crippen molar-refractivity contribution in [1.82, 2.24) is 0 Å². The standard InChI is InChI=1S/C26H29NO8S/c1-5-14-33-25(29)21-16(4)22(26(30)32-7-3)36-24(21)27-23(28)20-13-12-19(35-20)15-34-18-10-8-17(9-11-18)31-6-2/h8-13H,5-7,14-15H2,1-4H3,(H,27,28). The molecule has 1 N–H and O–H groups in total. The molecular weight excluding hydrogens is 486 g/mol. The molecule has 1 aromatic carbocycles. The monoisotopic (exact) mass is 515 g/mol. The lowest BCUT2D eigenvalue weighted by Gasteiger charge is -2.07. The summed E-state index contributed by atoms with van der Waals surface area (Å²) in [7, 11) is 0. The lowest BCUT2D eigenvalue weighted by molar-refractivity contribution is 0.0506. The number of ether oxygens (including phenoxy) is 4. The number of benzene rings is 1. The van der Waals surface area contributed by atoms with Gasteiger partial charge in [-0.25, -0.2) is 9.59 Å². The van der Waals surface area contributed by atoms with Gasteiger partial charge in [0.15, 0.2) is 5.76 Å². The molecule has 0 aliphatic carbocycles. The highest BCUT2D eigenvalue weighted by Crippen LogP contribution is 2.35. The van der Waals surface area contributed by atoms with Crippen LogP contribution in [0.3, 0.4) is 0 Å². The van der Waals surface area contributed by atoms with Crippen molar-refractivity contribution in [3.8, 4) is 11.5 Å². The van der Waals surface area contributed by atoms with Crippen LogP contribution >= 0.6 is 11.3 Å². The number of nitrogens with one attached hydrogen (secondary N) is 1. The Kier molecular flexibility index (Phi) is 9.52. The van der Waals surface area contributed by atoms with Crippen LogP contribution in [-0.2, 0) is 16.1 Å².